The number of rotatable bonds is 2. The highest BCUT2D eigenvalue weighted by atomic mass is 32.2. The predicted octanol–water partition coefficient (Wildman–Crippen LogP) is 6.30. The van der Waals surface area contributed by atoms with Gasteiger partial charge in [0.2, 0.25) is 0 Å². The second-order valence-electron chi connectivity index (χ2n) is 11.2. The lowest BCUT2D eigenvalue weighted by Gasteiger charge is -2.41. The van der Waals surface area contributed by atoms with Gasteiger partial charge in [-0.05, 0) is 58.1 Å². The summed E-state index contributed by atoms with van der Waals surface area (Å²) in [5.41, 5.74) is -3.04. The summed E-state index contributed by atoms with van der Waals surface area (Å²) in [5, 5.41) is 0.102. The smallest absolute Gasteiger partial charge is 0.417 e. The molecular weight excluding hydrogens is 567 g/mol. The van der Waals surface area contributed by atoms with Crippen LogP contribution in [0.4, 0.5) is 32.6 Å². The highest BCUT2D eigenvalue weighted by Crippen LogP contribution is 2.48. The molecule has 0 unspecified atom stereocenters. The van der Waals surface area contributed by atoms with E-state index in [2.05, 4.69) is 4.98 Å². The fourth-order valence-corrected chi connectivity index (χ4v) is 6.50. The Morgan fingerprint density at radius 2 is 1.83 bits per heavy atom. The summed E-state index contributed by atoms with van der Waals surface area (Å²) < 4.78 is 79.5. The molecule has 0 saturated carbocycles. The second-order valence-corrected chi connectivity index (χ2v) is 12.3. The van der Waals surface area contributed by atoms with Crippen molar-refractivity contribution in [3.63, 3.8) is 0 Å². The second kappa shape index (κ2) is 10.5. The zero-order chi connectivity index (χ0) is 29.9. The van der Waals surface area contributed by atoms with Crippen LogP contribution in [0.25, 0.3) is 22.0 Å². The maximum atomic E-state index is 15.0. The SMILES string of the molecule is C[C@H]1CN(C(=O)OC(C)(C)C)CCN1c1nc(=O)n2c3c(c(-c4ccc(F)cc4F)c(C(F)(F)F)cc13)SCCC2. The van der Waals surface area contributed by atoms with Crippen molar-refractivity contribution in [2.75, 3.05) is 30.3 Å². The minimum Gasteiger partial charge on any atom is -0.444 e. The molecule has 2 aromatic carbocycles. The Labute approximate surface area is 237 Å². The molecule has 0 radical (unpaired) electrons. The van der Waals surface area contributed by atoms with Gasteiger partial charge in [0.05, 0.1) is 11.1 Å². The first-order valence-electron chi connectivity index (χ1n) is 13.2. The Kier molecular flexibility index (Phi) is 7.46. The van der Waals surface area contributed by atoms with Crippen LogP contribution in [0.5, 0.6) is 0 Å². The molecule has 2 aliphatic rings. The van der Waals surface area contributed by atoms with Gasteiger partial charge in [-0.2, -0.15) is 18.2 Å². The number of aromatic nitrogens is 2. The Morgan fingerprint density at radius 3 is 2.46 bits per heavy atom. The molecule has 0 aliphatic carbocycles. The number of piperazine rings is 1. The van der Waals surface area contributed by atoms with Gasteiger partial charge in [-0.3, -0.25) is 4.57 Å². The van der Waals surface area contributed by atoms with E-state index in [0.29, 0.717) is 18.2 Å². The molecule has 0 bridgehead atoms. The lowest BCUT2D eigenvalue weighted by Crippen LogP contribution is -2.55. The summed E-state index contributed by atoms with van der Waals surface area (Å²) >= 11 is 1.11. The predicted molar refractivity (Wildman–Crippen MR) is 146 cm³/mol. The molecule has 220 valence electrons. The molecule has 0 spiro atoms. The highest BCUT2D eigenvalue weighted by Gasteiger charge is 2.39. The number of hydrogen-bond donors (Lipinski definition) is 0. The van der Waals surface area contributed by atoms with Gasteiger partial charge in [0.1, 0.15) is 23.1 Å². The standard InChI is InChI=1S/C28H29F5N4O3S/c1-15-14-35(26(39)40-27(2,3)4)9-10-36(15)24-18-13-19(28(31,32)33)21(17-7-6-16(29)12-20(17)30)23-22(18)37(25(38)34-24)8-5-11-41-23/h6-7,12-13,15H,5,8-11,14H2,1-4H3/t15-/m0/s1. The average molecular weight is 597 g/mol. The number of thioether (sulfide) groups is 1. The van der Waals surface area contributed by atoms with Gasteiger partial charge in [0, 0.05) is 59.7 Å². The van der Waals surface area contributed by atoms with Crippen LogP contribution in [0.15, 0.2) is 34.0 Å². The van der Waals surface area contributed by atoms with E-state index < -0.39 is 57.9 Å². The van der Waals surface area contributed by atoms with Crippen LogP contribution in [0, 0.1) is 11.6 Å². The number of nitrogens with zero attached hydrogens (tertiary/aromatic N) is 4. The Balaban J connectivity index is 1.71. The molecular formula is C28H29F5N4O3S. The first-order chi connectivity index (χ1) is 19.2. The van der Waals surface area contributed by atoms with Crippen molar-refractivity contribution in [3.05, 3.63) is 51.9 Å². The number of benzene rings is 2. The Bertz CT molecular complexity index is 1580. The summed E-state index contributed by atoms with van der Waals surface area (Å²) in [4.78, 5) is 33.6. The van der Waals surface area contributed by atoms with Crippen molar-refractivity contribution < 1.29 is 31.5 Å². The van der Waals surface area contributed by atoms with Crippen molar-refractivity contribution in [3.8, 4) is 11.1 Å². The molecule has 3 aromatic rings. The van der Waals surface area contributed by atoms with E-state index in [-0.39, 0.29) is 47.8 Å². The van der Waals surface area contributed by atoms with Crippen LogP contribution in [0.3, 0.4) is 0 Å². The minimum atomic E-state index is -4.90. The van der Waals surface area contributed by atoms with Gasteiger partial charge in [0.25, 0.3) is 0 Å². The van der Waals surface area contributed by atoms with E-state index in [4.69, 9.17) is 4.74 Å². The first-order valence-corrected chi connectivity index (χ1v) is 14.2. The Hall–Kier alpha value is -3.35. The molecule has 7 nitrogen and oxygen atoms in total. The van der Waals surface area contributed by atoms with Gasteiger partial charge >= 0.3 is 18.0 Å². The summed E-state index contributed by atoms with van der Waals surface area (Å²) in [6.45, 7) is 7.87. The zero-order valence-electron chi connectivity index (χ0n) is 22.9. The molecule has 5 rings (SSSR count). The van der Waals surface area contributed by atoms with Crippen molar-refractivity contribution in [2.24, 2.45) is 0 Å². The summed E-state index contributed by atoms with van der Waals surface area (Å²) in [6, 6.07) is 2.95. The lowest BCUT2D eigenvalue weighted by molar-refractivity contribution is -0.137. The van der Waals surface area contributed by atoms with Gasteiger partial charge in [-0.15, -0.1) is 11.8 Å². The monoisotopic (exact) mass is 596 g/mol. The number of carbonyl (C=O) groups excluding carboxylic acids is 1. The molecule has 1 aromatic heterocycles. The van der Waals surface area contributed by atoms with Crippen LogP contribution >= 0.6 is 11.8 Å². The number of ether oxygens (including phenoxy) is 1. The summed E-state index contributed by atoms with van der Waals surface area (Å²) in [5.74, 6) is -1.60. The van der Waals surface area contributed by atoms with Gasteiger partial charge < -0.3 is 14.5 Å². The average Bonchev–Trinajstić information content (AvgIpc) is 3.09. The number of carbonyl (C=O) groups is 1. The summed E-state index contributed by atoms with van der Waals surface area (Å²) in [6.07, 6.45) is -4.92. The quantitative estimate of drug-likeness (QED) is 0.324. The summed E-state index contributed by atoms with van der Waals surface area (Å²) in [7, 11) is 0. The molecule has 2 aliphatic heterocycles. The third kappa shape index (κ3) is 5.60. The van der Waals surface area contributed by atoms with Gasteiger partial charge in [-0.25, -0.2) is 18.4 Å². The normalized spacial score (nSPS) is 18.0. The lowest BCUT2D eigenvalue weighted by atomic mass is 9.95. The Morgan fingerprint density at radius 1 is 1.10 bits per heavy atom. The fraction of sp³-hybridized carbons (Fsp3) is 0.464. The zero-order valence-corrected chi connectivity index (χ0v) is 23.8. The minimum absolute atomic E-state index is 0.0676. The molecule has 1 atom stereocenters. The van der Waals surface area contributed by atoms with Crippen LogP contribution in [-0.4, -0.2) is 57.6 Å². The van der Waals surface area contributed by atoms with Crippen molar-refractivity contribution in [1.29, 1.82) is 0 Å². The number of halogens is 5. The van der Waals surface area contributed by atoms with Crippen LogP contribution in [0.1, 0.15) is 39.7 Å². The molecule has 13 heteroatoms. The van der Waals surface area contributed by atoms with E-state index >= 15 is 0 Å². The fourth-order valence-electron chi connectivity index (χ4n) is 5.30. The number of anilines is 1. The maximum absolute atomic E-state index is 15.0. The van der Waals surface area contributed by atoms with Crippen molar-refractivity contribution >= 4 is 34.6 Å². The molecule has 0 N–H and O–H groups in total. The van der Waals surface area contributed by atoms with Crippen LogP contribution in [-0.2, 0) is 17.5 Å². The highest BCUT2D eigenvalue weighted by molar-refractivity contribution is 7.99. The van der Waals surface area contributed by atoms with E-state index in [1.54, 1.807) is 32.6 Å². The van der Waals surface area contributed by atoms with E-state index in [1.807, 2.05) is 0 Å². The first kappa shape index (κ1) is 29.2. The number of hydrogen-bond acceptors (Lipinski definition) is 6. The van der Waals surface area contributed by atoms with Crippen molar-refractivity contribution in [2.45, 2.75) is 63.4 Å². The van der Waals surface area contributed by atoms with Crippen molar-refractivity contribution in [1.82, 2.24) is 14.5 Å². The third-order valence-corrected chi connectivity index (χ3v) is 8.21. The van der Waals surface area contributed by atoms with E-state index in [1.165, 1.54) is 9.47 Å². The van der Waals surface area contributed by atoms with Gasteiger partial charge in [0.15, 0.2) is 0 Å². The molecule has 1 saturated heterocycles. The molecule has 3 heterocycles. The van der Waals surface area contributed by atoms with Gasteiger partial charge in [-0.1, -0.05) is 0 Å². The molecule has 1 fully saturated rings. The number of aryl methyl sites for hydroxylation is 1. The van der Waals surface area contributed by atoms with Crippen LogP contribution in [0.2, 0.25) is 0 Å². The van der Waals surface area contributed by atoms with E-state index in [0.717, 1.165) is 30.0 Å². The maximum Gasteiger partial charge on any atom is 0.417 e. The topological polar surface area (TPSA) is 67.7 Å². The largest absolute Gasteiger partial charge is 0.444 e. The molecule has 1 amide bonds. The number of amides is 1. The molecule has 41 heavy (non-hydrogen) atoms. The van der Waals surface area contributed by atoms with E-state index in [9.17, 15) is 31.5 Å². The third-order valence-electron chi connectivity index (χ3n) is 7.03. The van der Waals surface area contributed by atoms with Crippen LogP contribution < -0.4 is 10.6 Å². The number of alkyl halides is 3.